The maximum Gasteiger partial charge on any atom is 0.123 e. The second-order valence-corrected chi connectivity index (χ2v) is 11.9. The van der Waals surface area contributed by atoms with Crippen molar-refractivity contribution in [3.8, 4) is 11.5 Å². The summed E-state index contributed by atoms with van der Waals surface area (Å²) in [5.41, 5.74) is 9.48. The van der Waals surface area contributed by atoms with Gasteiger partial charge in [-0.3, -0.25) is 0 Å². The molecule has 2 aromatic rings. The zero-order valence-corrected chi connectivity index (χ0v) is 20.4. The molecule has 0 spiro atoms. The predicted octanol–water partition coefficient (Wildman–Crippen LogP) is 7.04. The van der Waals surface area contributed by atoms with E-state index in [0.29, 0.717) is 17.9 Å². The number of fused-ring (bicyclic) bond motifs is 2. The van der Waals surface area contributed by atoms with E-state index in [9.17, 15) is 10.2 Å². The van der Waals surface area contributed by atoms with Gasteiger partial charge in [0.15, 0.2) is 0 Å². The minimum Gasteiger partial charge on any atom is -0.507 e. The normalized spacial score (nSPS) is 16.7. The van der Waals surface area contributed by atoms with E-state index in [-0.39, 0.29) is 10.8 Å². The average molecular weight is 421 g/mol. The maximum atomic E-state index is 11.5. The van der Waals surface area contributed by atoms with Gasteiger partial charge in [-0.15, -0.1) is 0 Å². The number of hydrogen-bond acceptors (Lipinski definition) is 2. The average Bonchev–Trinajstić information content (AvgIpc) is 2.69. The Labute approximate surface area is 188 Å². The van der Waals surface area contributed by atoms with E-state index >= 15 is 0 Å². The Morgan fingerprint density at radius 3 is 1.32 bits per heavy atom. The number of aryl methyl sites for hydroxylation is 2. The van der Waals surface area contributed by atoms with Gasteiger partial charge in [-0.2, -0.15) is 0 Å². The van der Waals surface area contributed by atoms with Crippen molar-refractivity contribution in [1.29, 1.82) is 0 Å². The summed E-state index contributed by atoms with van der Waals surface area (Å²) in [6, 6.07) is 4.52. The lowest BCUT2D eigenvalue weighted by atomic mass is 9.75. The van der Waals surface area contributed by atoms with Crippen LogP contribution in [0.4, 0.5) is 0 Å². The van der Waals surface area contributed by atoms with Crippen molar-refractivity contribution in [2.24, 2.45) is 0 Å². The Kier molecular flexibility index (Phi) is 5.65. The number of aromatic hydroxyl groups is 2. The summed E-state index contributed by atoms with van der Waals surface area (Å²) in [7, 11) is 0. The molecule has 0 saturated heterocycles. The summed E-state index contributed by atoms with van der Waals surface area (Å²) in [4.78, 5) is 0. The van der Waals surface area contributed by atoms with Crippen molar-refractivity contribution in [2.75, 3.05) is 0 Å². The highest BCUT2D eigenvalue weighted by molar-refractivity contribution is 5.59. The number of hydrogen-bond donors (Lipinski definition) is 2. The van der Waals surface area contributed by atoms with Gasteiger partial charge in [0.1, 0.15) is 11.5 Å². The van der Waals surface area contributed by atoms with Crippen LogP contribution < -0.4 is 0 Å². The van der Waals surface area contributed by atoms with Crippen molar-refractivity contribution < 1.29 is 10.2 Å². The molecule has 2 N–H and O–H groups in total. The maximum absolute atomic E-state index is 11.5. The van der Waals surface area contributed by atoms with E-state index in [2.05, 4.69) is 53.7 Å². The molecule has 4 rings (SSSR count). The second-order valence-electron chi connectivity index (χ2n) is 11.9. The summed E-state index contributed by atoms with van der Waals surface area (Å²) >= 11 is 0. The quantitative estimate of drug-likeness (QED) is 0.547. The topological polar surface area (TPSA) is 40.5 Å². The fraction of sp³-hybridized carbons (Fsp3) is 0.586. The molecular formula is C29H40O2. The lowest BCUT2D eigenvalue weighted by Gasteiger charge is -2.31. The van der Waals surface area contributed by atoms with Gasteiger partial charge in [0.05, 0.1) is 0 Å². The molecule has 0 aromatic heterocycles. The lowest BCUT2D eigenvalue weighted by molar-refractivity contribution is 0.431. The summed E-state index contributed by atoms with van der Waals surface area (Å²) in [5, 5.41) is 23.0. The van der Waals surface area contributed by atoms with Crippen molar-refractivity contribution in [3.05, 3.63) is 56.6 Å². The van der Waals surface area contributed by atoms with Crippen LogP contribution in [-0.4, -0.2) is 10.2 Å². The van der Waals surface area contributed by atoms with E-state index in [1.807, 2.05) is 0 Å². The Balaban J connectivity index is 1.94. The third kappa shape index (κ3) is 4.11. The van der Waals surface area contributed by atoms with Gasteiger partial charge < -0.3 is 10.2 Å². The summed E-state index contributed by atoms with van der Waals surface area (Å²) in [6.45, 7) is 13.1. The Morgan fingerprint density at radius 2 is 0.968 bits per heavy atom. The van der Waals surface area contributed by atoms with Gasteiger partial charge in [-0.1, -0.05) is 53.7 Å². The van der Waals surface area contributed by atoms with Gasteiger partial charge in [-0.05, 0) is 95.6 Å². The van der Waals surface area contributed by atoms with Gasteiger partial charge in [0.25, 0.3) is 0 Å². The first-order valence-corrected chi connectivity index (χ1v) is 12.2. The summed E-state index contributed by atoms with van der Waals surface area (Å²) < 4.78 is 0. The van der Waals surface area contributed by atoms with E-state index in [1.165, 1.54) is 47.9 Å². The largest absolute Gasteiger partial charge is 0.507 e. The van der Waals surface area contributed by atoms with Crippen LogP contribution in [0.3, 0.4) is 0 Å². The fourth-order valence-electron chi connectivity index (χ4n) is 5.66. The van der Waals surface area contributed by atoms with Gasteiger partial charge in [0.2, 0.25) is 0 Å². The zero-order valence-electron chi connectivity index (χ0n) is 20.4. The molecule has 0 unspecified atom stereocenters. The van der Waals surface area contributed by atoms with Crippen LogP contribution in [0.2, 0.25) is 0 Å². The van der Waals surface area contributed by atoms with Crippen LogP contribution in [0.1, 0.15) is 112 Å². The van der Waals surface area contributed by atoms with E-state index < -0.39 is 0 Å². The van der Waals surface area contributed by atoms with Crippen LogP contribution in [0.15, 0.2) is 12.1 Å². The molecular weight excluding hydrogens is 380 g/mol. The molecule has 2 aliphatic carbocycles. The van der Waals surface area contributed by atoms with E-state index in [1.54, 1.807) is 0 Å². The Morgan fingerprint density at radius 1 is 0.613 bits per heavy atom. The monoisotopic (exact) mass is 420 g/mol. The zero-order chi connectivity index (χ0) is 22.6. The molecule has 31 heavy (non-hydrogen) atoms. The highest BCUT2D eigenvalue weighted by Gasteiger charge is 2.30. The Bertz CT molecular complexity index is 918. The molecule has 0 heterocycles. The minimum atomic E-state index is -0.111. The molecule has 2 heteroatoms. The number of rotatable bonds is 2. The molecule has 0 aliphatic heterocycles. The molecule has 2 nitrogen and oxygen atoms in total. The number of phenols is 2. The van der Waals surface area contributed by atoms with Crippen molar-refractivity contribution in [1.82, 2.24) is 0 Å². The van der Waals surface area contributed by atoms with Crippen LogP contribution in [0.5, 0.6) is 11.5 Å². The first-order valence-electron chi connectivity index (χ1n) is 12.2. The van der Waals surface area contributed by atoms with E-state index in [0.717, 1.165) is 47.9 Å². The molecule has 2 aliphatic rings. The van der Waals surface area contributed by atoms with Gasteiger partial charge in [-0.25, -0.2) is 0 Å². The summed E-state index contributed by atoms with van der Waals surface area (Å²) in [6.07, 6.45) is 9.70. The number of phenolic OH excluding ortho intramolecular Hbond substituents is 2. The molecule has 0 atom stereocenters. The van der Waals surface area contributed by atoms with Gasteiger partial charge in [0, 0.05) is 17.5 Å². The summed E-state index contributed by atoms with van der Waals surface area (Å²) in [5.74, 6) is 0.913. The van der Waals surface area contributed by atoms with Crippen molar-refractivity contribution in [2.45, 2.75) is 110 Å². The standard InChI is InChI=1S/C29H40O2/c1-28(2,3)24-15-18-11-7-9-13-20(18)22(26(24)30)17-23-21-14-10-8-12-19(21)16-25(27(23)31)29(4,5)6/h15-16,30-31H,7-14,17H2,1-6H3. The molecule has 0 saturated carbocycles. The predicted molar refractivity (Wildman–Crippen MR) is 130 cm³/mol. The molecule has 0 amide bonds. The minimum absolute atomic E-state index is 0.111. The molecule has 0 bridgehead atoms. The highest BCUT2D eigenvalue weighted by Crippen LogP contribution is 2.44. The number of benzene rings is 2. The fourth-order valence-corrected chi connectivity index (χ4v) is 5.66. The third-order valence-corrected chi connectivity index (χ3v) is 7.44. The molecule has 2 aromatic carbocycles. The van der Waals surface area contributed by atoms with Crippen LogP contribution in [-0.2, 0) is 42.9 Å². The van der Waals surface area contributed by atoms with Gasteiger partial charge >= 0.3 is 0 Å². The third-order valence-electron chi connectivity index (χ3n) is 7.44. The molecule has 168 valence electrons. The first-order chi connectivity index (χ1) is 14.5. The highest BCUT2D eigenvalue weighted by atomic mass is 16.3. The lowest BCUT2D eigenvalue weighted by Crippen LogP contribution is -2.18. The van der Waals surface area contributed by atoms with Crippen molar-refractivity contribution >= 4 is 0 Å². The Hall–Kier alpha value is -1.96. The smallest absolute Gasteiger partial charge is 0.123 e. The molecule has 0 radical (unpaired) electrons. The van der Waals surface area contributed by atoms with Crippen molar-refractivity contribution in [3.63, 3.8) is 0 Å². The SMILES string of the molecule is CC(C)(C)c1cc2c(c(Cc3c(O)c(C(C)(C)C)cc4c3CCCC4)c1O)CCCC2. The first kappa shape index (κ1) is 22.2. The van der Waals surface area contributed by atoms with Crippen LogP contribution in [0, 0.1) is 0 Å². The van der Waals surface area contributed by atoms with E-state index in [4.69, 9.17) is 0 Å². The molecule has 0 fully saturated rings. The van der Waals surface area contributed by atoms with Crippen LogP contribution in [0.25, 0.3) is 0 Å². The second kappa shape index (κ2) is 7.87. The van der Waals surface area contributed by atoms with Crippen LogP contribution >= 0.6 is 0 Å².